The highest BCUT2D eigenvalue weighted by Crippen LogP contribution is 2.23. The van der Waals surface area contributed by atoms with E-state index < -0.39 is 0 Å². The molecule has 0 amide bonds. The van der Waals surface area contributed by atoms with E-state index in [1.54, 1.807) is 7.11 Å². The molecule has 1 aromatic rings. The van der Waals surface area contributed by atoms with Crippen LogP contribution in [0.15, 0.2) is 24.3 Å². The van der Waals surface area contributed by atoms with Gasteiger partial charge < -0.3 is 9.64 Å². The van der Waals surface area contributed by atoms with E-state index in [0.717, 1.165) is 25.4 Å². The molecule has 1 heterocycles. The summed E-state index contributed by atoms with van der Waals surface area (Å²) in [4.78, 5) is 2.22. The standard InChI is InChI=1S/C12H18N2OS/c1-12(16)9-14(8-7-13-12)10-3-5-11(15-2)6-4-10/h3-6,13,16H,7-9H2,1-2H3. The number of piperazine rings is 1. The zero-order valence-corrected chi connectivity index (χ0v) is 10.6. The molecule has 88 valence electrons. The summed E-state index contributed by atoms with van der Waals surface area (Å²) in [6.45, 7) is 4.99. The summed E-state index contributed by atoms with van der Waals surface area (Å²) in [5.41, 5.74) is 1.22. The zero-order chi connectivity index (χ0) is 11.6. The number of benzene rings is 1. The van der Waals surface area contributed by atoms with Gasteiger partial charge in [0.25, 0.3) is 0 Å². The zero-order valence-electron chi connectivity index (χ0n) is 9.73. The van der Waals surface area contributed by atoms with Gasteiger partial charge in [-0.05, 0) is 31.2 Å². The Morgan fingerprint density at radius 1 is 1.38 bits per heavy atom. The number of thiol groups is 1. The molecule has 1 atom stereocenters. The fourth-order valence-electron chi connectivity index (χ4n) is 1.98. The van der Waals surface area contributed by atoms with E-state index in [-0.39, 0.29) is 4.87 Å². The second kappa shape index (κ2) is 4.55. The molecule has 1 unspecified atom stereocenters. The Bertz CT molecular complexity index is 351. The second-order valence-electron chi connectivity index (χ2n) is 4.32. The van der Waals surface area contributed by atoms with Gasteiger partial charge in [0.1, 0.15) is 5.75 Å². The Labute approximate surface area is 102 Å². The first-order valence-electron chi connectivity index (χ1n) is 5.47. The molecule has 0 saturated carbocycles. The molecule has 1 aromatic carbocycles. The summed E-state index contributed by atoms with van der Waals surface area (Å²) in [6, 6.07) is 8.17. The van der Waals surface area contributed by atoms with Crippen molar-refractivity contribution in [1.29, 1.82) is 0 Å². The number of ether oxygens (including phenoxy) is 1. The smallest absolute Gasteiger partial charge is 0.119 e. The van der Waals surface area contributed by atoms with Gasteiger partial charge in [0.15, 0.2) is 0 Å². The van der Waals surface area contributed by atoms with Crippen molar-refractivity contribution < 1.29 is 4.74 Å². The van der Waals surface area contributed by atoms with E-state index in [0.29, 0.717) is 0 Å². The van der Waals surface area contributed by atoms with Gasteiger partial charge in [0.05, 0.1) is 12.0 Å². The van der Waals surface area contributed by atoms with Crippen LogP contribution in [0.4, 0.5) is 5.69 Å². The molecule has 0 spiro atoms. The van der Waals surface area contributed by atoms with Crippen LogP contribution >= 0.6 is 12.6 Å². The summed E-state index contributed by atoms with van der Waals surface area (Å²) in [6.07, 6.45) is 0. The van der Waals surface area contributed by atoms with E-state index >= 15 is 0 Å². The van der Waals surface area contributed by atoms with Gasteiger partial charge in [-0.1, -0.05) is 0 Å². The number of nitrogens with one attached hydrogen (secondary N) is 1. The molecule has 0 aliphatic carbocycles. The van der Waals surface area contributed by atoms with E-state index in [2.05, 4.69) is 41.9 Å². The maximum absolute atomic E-state index is 5.15. The quantitative estimate of drug-likeness (QED) is 0.768. The first-order chi connectivity index (χ1) is 7.61. The molecular formula is C12H18N2OS. The van der Waals surface area contributed by atoms with Crippen molar-refractivity contribution in [2.45, 2.75) is 11.8 Å². The third-order valence-electron chi connectivity index (χ3n) is 2.82. The highest BCUT2D eigenvalue weighted by Gasteiger charge is 2.26. The van der Waals surface area contributed by atoms with E-state index in [4.69, 9.17) is 4.74 Å². The molecular weight excluding hydrogens is 220 g/mol. The molecule has 1 aliphatic heterocycles. The second-order valence-corrected chi connectivity index (χ2v) is 5.31. The lowest BCUT2D eigenvalue weighted by Crippen LogP contribution is -2.55. The van der Waals surface area contributed by atoms with Crippen LogP contribution in [0.1, 0.15) is 6.92 Å². The number of anilines is 1. The monoisotopic (exact) mass is 238 g/mol. The van der Waals surface area contributed by atoms with Gasteiger partial charge in [0.2, 0.25) is 0 Å². The predicted molar refractivity (Wildman–Crippen MR) is 70.6 cm³/mol. The molecule has 0 aromatic heterocycles. The number of hydrogen-bond acceptors (Lipinski definition) is 4. The molecule has 1 fully saturated rings. The summed E-state index contributed by atoms with van der Waals surface area (Å²) in [7, 11) is 1.69. The largest absolute Gasteiger partial charge is 0.497 e. The SMILES string of the molecule is COc1ccc(N2CCNC(C)(S)C2)cc1. The highest BCUT2D eigenvalue weighted by molar-refractivity contribution is 7.81. The Morgan fingerprint density at radius 2 is 2.06 bits per heavy atom. The van der Waals surface area contributed by atoms with Gasteiger partial charge in [-0.2, -0.15) is 12.6 Å². The minimum atomic E-state index is -0.113. The van der Waals surface area contributed by atoms with Crippen molar-refractivity contribution >= 4 is 18.3 Å². The minimum absolute atomic E-state index is 0.113. The maximum atomic E-state index is 5.15. The Balaban J connectivity index is 2.11. The van der Waals surface area contributed by atoms with Crippen molar-refractivity contribution in [2.75, 3.05) is 31.6 Å². The van der Waals surface area contributed by atoms with Crippen molar-refractivity contribution in [3.8, 4) is 5.75 Å². The average molecular weight is 238 g/mol. The number of methoxy groups -OCH3 is 1. The van der Waals surface area contributed by atoms with E-state index in [1.165, 1.54) is 5.69 Å². The molecule has 3 nitrogen and oxygen atoms in total. The fourth-order valence-corrected chi connectivity index (χ4v) is 2.26. The molecule has 1 aliphatic rings. The van der Waals surface area contributed by atoms with Crippen LogP contribution in [0.25, 0.3) is 0 Å². The molecule has 1 saturated heterocycles. The fraction of sp³-hybridized carbons (Fsp3) is 0.500. The number of rotatable bonds is 2. The molecule has 1 N–H and O–H groups in total. The van der Waals surface area contributed by atoms with Gasteiger partial charge in [-0.15, -0.1) is 0 Å². The van der Waals surface area contributed by atoms with Crippen LogP contribution in [0.2, 0.25) is 0 Å². The van der Waals surface area contributed by atoms with Crippen molar-refractivity contribution in [3.63, 3.8) is 0 Å². The molecule has 4 heteroatoms. The maximum Gasteiger partial charge on any atom is 0.119 e. The van der Waals surface area contributed by atoms with Crippen molar-refractivity contribution in [3.05, 3.63) is 24.3 Å². The van der Waals surface area contributed by atoms with Gasteiger partial charge in [-0.25, -0.2) is 0 Å². The lowest BCUT2D eigenvalue weighted by Gasteiger charge is -2.39. The van der Waals surface area contributed by atoms with Gasteiger partial charge in [-0.3, -0.25) is 5.32 Å². The van der Waals surface area contributed by atoms with Crippen LogP contribution in [0.3, 0.4) is 0 Å². The Kier molecular flexibility index (Phi) is 3.30. The normalized spacial score (nSPS) is 25.6. The summed E-state index contributed by atoms with van der Waals surface area (Å²) in [5, 5.41) is 3.38. The topological polar surface area (TPSA) is 24.5 Å². The lowest BCUT2D eigenvalue weighted by atomic mass is 10.2. The molecule has 0 bridgehead atoms. The summed E-state index contributed by atoms with van der Waals surface area (Å²) in [5.74, 6) is 0.896. The van der Waals surface area contributed by atoms with Gasteiger partial charge >= 0.3 is 0 Å². The molecule has 0 radical (unpaired) electrons. The molecule has 2 rings (SSSR count). The van der Waals surface area contributed by atoms with Crippen molar-refractivity contribution in [1.82, 2.24) is 5.32 Å². The highest BCUT2D eigenvalue weighted by atomic mass is 32.1. The lowest BCUT2D eigenvalue weighted by molar-refractivity contribution is 0.414. The number of hydrogen-bond donors (Lipinski definition) is 2. The minimum Gasteiger partial charge on any atom is -0.497 e. The van der Waals surface area contributed by atoms with Gasteiger partial charge in [0, 0.05) is 25.3 Å². The summed E-state index contributed by atoms with van der Waals surface area (Å²) >= 11 is 4.59. The molecule has 16 heavy (non-hydrogen) atoms. The Hall–Kier alpha value is -0.870. The van der Waals surface area contributed by atoms with E-state index in [1.807, 2.05) is 12.1 Å². The average Bonchev–Trinajstić information content (AvgIpc) is 2.28. The van der Waals surface area contributed by atoms with Crippen LogP contribution in [0.5, 0.6) is 5.75 Å². The number of nitrogens with zero attached hydrogens (tertiary/aromatic N) is 1. The third-order valence-corrected chi connectivity index (χ3v) is 3.12. The first kappa shape index (κ1) is 11.6. The summed E-state index contributed by atoms with van der Waals surface area (Å²) < 4.78 is 5.15. The first-order valence-corrected chi connectivity index (χ1v) is 5.92. The van der Waals surface area contributed by atoms with E-state index in [9.17, 15) is 0 Å². The van der Waals surface area contributed by atoms with Crippen LogP contribution in [-0.2, 0) is 0 Å². The predicted octanol–water partition coefficient (Wildman–Crippen LogP) is 1.75. The van der Waals surface area contributed by atoms with Crippen LogP contribution in [-0.4, -0.2) is 31.6 Å². The van der Waals surface area contributed by atoms with Crippen LogP contribution in [0, 0.1) is 0 Å². The Morgan fingerprint density at radius 3 is 2.62 bits per heavy atom. The third kappa shape index (κ3) is 2.62. The van der Waals surface area contributed by atoms with Crippen molar-refractivity contribution in [2.24, 2.45) is 0 Å². The van der Waals surface area contributed by atoms with Crippen LogP contribution < -0.4 is 15.0 Å².